The van der Waals surface area contributed by atoms with Crippen molar-refractivity contribution in [2.24, 2.45) is 11.8 Å². The van der Waals surface area contributed by atoms with E-state index in [2.05, 4.69) is 0 Å². The van der Waals surface area contributed by atoms with Crippen LogP contribution in [0.5, 0.6) is 0 Å². The maximum absolute atomic E-state index is 14.5. The average molecular weight is 503 g/mol. The summed E-state index contributed by atoms with van der Waals surface area (Å²) in [6, 6.07) is 1.13. The average Bonchev–Trinajstić information content (AvgIpc) is 3.30. The normalized spacial score (nSPS) is 29.2. The maximum atomic E-state index is 14.5. The highest BCUT2D eigenvalue weighted by Gasteiger charge is 2.73. The van der Waals surface area contributed by atoms with E-state index in [0.29, 0.717) is 30.5 Å². The van der Waals surface area contributed by atoms with Crippen molar-refractivity contribution >= 4 is 5.91 Å². The first kappa shape index (κ1) is 25.1. The molecular weight excluding hydrogens is 481 g/mol. The number of halogens is 9. The highest BCUT2D eigenvalue weighted by atomic mass is 19.4. The van der Waals surface area contributed by atoms with Gasteiger partial charge in [0.2, 0.25) is 5.91 Å². The molecule has 0 unspecified atom stereocenters. The minimum Gasteiger partial charge on any atom is -0.394 e. The van der Waals surface area contributed by atoms with Crippen molar-refractivity contribution in [1.82, 2.24) is 4.90 Å². The Hall–Kier alpha value is -1.98. The summed E-state index contributed by atoms with van der Waals surface area (Å²) in [7, 11) is 0. The number of aliphatic hydroxyl groups is 1. The minimum absolute atomic E-state index is 0.0273. The summed E-state index contributed by atoms with van der Waals surface area (Å²) in [5.41, 5.74) is -6.45. The standard InChI is InChI=1S/C22H22F9NO2/c23-19(24)8-13(9-33)32(10-19)18(34)17-6-5-15-14-4-2-12(7-11(14)1-3-16(15)17)20(25,21(26,27)28)22(29,30)31/h2,4,7,13,15-17,33H,1,3,5-6,8-10H2/t13-,15+,16-,17-/m1/s1. The highest BCUT2D eigenvalue weighted by Crippen LogP contribution is 2.55. The van der Waals surface area contributed by atoms with Gasteiger partial charge in [0.05, 0.1) is 19.2 Å². The lowest BCUT2D eigenvalue weighted by Gasteiger charge is -2.35. The topological polar surface area (TPSA) is 40.5 Å². The van der Waals surface area contributed by atoms with Crippen molar-refractivity contribution in [2.45, 2.75) is 68.0 Å². The predicted molar refractivity (Wildman–Crippen MR) is 101 cm³/mol. The molecule has 1 amide bonds. The predicted octanol–water partition coefficient (Wildman–Crippen LogP) is 5.26. The van der Waals surface area contributed by atoms with Gasteiger partial charge < -0.3 is 10.0 Å². The number of carbonyl (C=O) groups excluding carboxylic acids is 1. The van der Waals surface area contributed by atoms with Crippen LogP contribution >= 0.6 is 0 Å². The van der Waals surface area contributed by atoms with E-state index >= 15 is 0 Å². The molecule has 1 saturated carbocycles. The van der Waals surface area contributed by atoms with E-state index in [-0.39, 0.29) is 30.2 Å². The van der Waals surface area contributed by atoms with Gasteiger partial charge in [-0.15, -0.1) is 0 Å². The maximum Gasteiger partial charge on any atom is 0.435 e. The molecular formula is C22H22F9NO2. The van der Waals surface area contributed by atoms with Gasteiger partial charge in [-0.25, -0.2) is 13.2 Å². The number of hydrogen-bond acceptors (Lipinski definition) is 2. The van der Waals surface area contributed by atoms with Crippen LogP contribution < -0.4 is 0 Å². The van der Waals surface area contributed by atoms with Gasteiger partial charge in [-0.3, -0.25) is 4.79 Å². The molecule has 1 saturated heterocycles. The number of nitrogens with zero attached hydrogens (tertiary/aromatic N) is 1. The summed E-state index contributed by atoms with van der Waals surface area (Å²) in [5.74, 6) is -4.99. The van der Waals surface area contributed by atoms with Crippen molar-refractivity contribution in [3.05, 3.63) is 34.9 Å². The zero-order valence-corrected chi connectivity index (χ0v) is 17.7. The van der Waals surface area contributed by atoms with Gasteiger partial charge in [-0.1, -0.05) is 18.2 Å². The third-order valence-electron chi connectivity index (χ3n) is 7.48. The van der Waals surface area contributed by atoms with Crippen LogP contribution in [0.15, 0.2) is 18.2 Å². The molecule has 1 heterocycles. The second-order valence-corrected chi connectivity index (χ2v) is 9.42. The minimum atomic E-state index is -6.21. The van der Waals surface area contributed by atoms with Gasteiger partial charge in [-0.05, 0) is 48.6 Å². The highest BCUT2D eigenvalue weighted by molar-refractivity contribution is 5.80. The summed E-state index contributed by atoms with van der Waals surface area (Å²) >= 11 is 0. The van der Waals surface area contributed by atoms with E-state index < -0.39 is 66.9 Å². The van der Waals surface area contributed by atoms with Crippen molar-refractivity contribution in [2.75, 3.05) is 13.2 Å². The van der Waals surface area contributed by atoms with Crippen LogP contribution in [0.1, 0.15) is 48.3 Å². The molecule has 4 atom stereocenters. The number of carbonyl (C=O) groups is 1. The number of amides is 1. The summed E-state index contributed by atoms with van der Waals surface area (Å²) in [6.45, 7) is -1.42. The molecule has 1 N–H and O–H groups in total. The number of aryl methyl sites for hydroxylation is 1. The van der Waals surface area contributed by atoms with Crippen molar-refractivity contribution < 1.29 is 49.4 Å². The summed E-state index contributed by atoms with van der Waals surface area (Å²) < 4.78 is 121. The van der Waals surface area contributed by atoms with E-state index in [1.165, 1.54) is 0 Å². The number of benzene rings is 1. The lowest BCUT2D eigenvalue weighted by Crippen LogP contribution is -2.50. The molecule has 0 aromatic heterocycles. The smallest absolute Gasteiger partial charge is 0.394 e. The van der Waals surface area contributed by atoms with Crippen molar-refractivity contribution in [1.29, 1.82) is 0 Å². The first-order valence-corrected chi connectivity index (χ1v) is 10.9. The van der Waals surface area contributed by atoms with E-state index in [1.54, 1.807) is 0 Å². The van der Waals surface area contributed by atoms with Gasteiger partial charge in [0.25, 0.3) is 5.92 Å². The van der Waals surface area contributed by atoms with Gasteiger partial charge in [0, 0.05) is 17.9 Å². The molecule has 1 aromatic rings. The fourth-order valence-electron chi connectivity index (χ4n) is 5.90. The quantitative estimate of drug-likeness (QED) is 0.572. The number of likely N-dealkylation sites (tertiary alicyclic amines) is 1. The number of fused-ring (bicyclic) bond motifs is 3. The molecule has 3 nitrogen and oxygen atoms in total. The summed E-state index contributed by atoms with van der Waals surface area (Å²) in [6.07, 6.45) is -12.1. The van der Waals surface area contributed by atoms with E-state index in [4.69, 9.17) is 0 Å². The zero-order chi connectivity index (χ0) is 25.3. The zero-order valence-electron chi connectivity index (χ0n) is 17.7. The SMILES string of the molecule is O=C([C@@H]1CC[C@H]2c3ccc(C(F)(C(F)(F)F)C(F)(F)F)cc3CC[C@@H]12)N1CC(F)(F)C[C@@H]1CO. The van der Waals surface area contributed by atoms with E-state index in [9.17, 15) is 49.4 Å². The second kappa shape index (κ2) is 8.03. The molecule has 2 aliphatic carbocycles. The number of alkyl halides is 9. The molecule has 3 aliphatic rings. The fourth-order valence-corrected chi connectivity index (χ4v) is 5.90. The Balaban J connectivity index is 1.60. The lowest BCUT2D eigenvalue weighted by molar-refractivity contribution is -0.348. The number of rotatable bonds is 3. The number of hydrogen-bond donors (Lipinski definition) is 1. The molecule has 0 spiro atoms. The Kier molecular flexibility index (Phi) is 5.93. The molecule has 0 bridgehead atoms. The Labute approximate surface area is 188 Å². The largest absolute Gasteiger partial charge is 0.435 e. The monoisotopic (exact) mass is 503 g/mol. The van der Waals surface area contributed by atoms with Crippen LogP contribution in [-0.4, -0.2) is 53.4 Å². The van der Waals surface area contributed by atoms with Gasteiger partial charge in [-0.2, -0.15) is 26.3 Å². The summed E-state index contributed by atoms with van der Waals surface area (Å²) in [4.78, 5) is 14.0. The van der Waals surface area contributed by atoms with Crippen LogP contribution in [0.2, 0.25) is 0 Å². The Bertz CT molecular complexity index is 945. The van der Waals surface area contributed by atoms with Crippen molar-refractivity contribution in [3.63, 3.8) is 0 Å². The first-order valence-electron chi connectivity index (χ1n) is 10.9. The first-order chi connectivity index (χ1) is 15.6. The Morgan fingerprint density at radius 3 is 2.26 bits per heavy atom. The molecule has 1 aromatic carbocycles. The van der Waals surface area contributed by atoms with Crippen LogP contribution in [0.4, 0.5) is 39.5 Å². The van der Waals surface area contributed by atoms with Gasteiger partial charge in [0.15, 0.2) is 0 Å². The molecule has 4 rings (SSSR count). The summed E-state index contributed by atoms with van der Waals surface area (Å²) in [5, 5.41) is 9.41. The lowest BCUT2D eigenvalue weighted by atomic mass is 9.73. The van der Waals surface area contributed by atoms with Gasteiger partial charge >= 0.3 is 18.0 Å². The molecule has 12 heteroatoms. The molecule has 190 valence electrons. The molecule has 34 heavy (non-hydrogen) atoms. The van der Waals surface area contributed by atoms with E-state index in [0.717, 1.165) is 11.0 Å². The third kappa shape index (κ3) is 3.85. The van der Waals surface area contributed by atoms with Crippen LogP contribution in [0.25, 0.3) is 0 Å². The van der Waals surface area contributed by atoms with Crippen LogP contribution in [0, 0.1) is 11.8 Å². The Morgan fingerprint density at radius 2 is 1.68 bits per heavy atom. The van der Waals surface area contributed by atoms with E-state index in [1.807, 2.05) is 0 Å². The molecule has 1 aliphatic heterocycles. The van der Waals surface area contributed by atoms with Crippen LogP contribution in [-0.2, 0) is 16.9 Å². The van der Waals surface area contributed by atoms with Gasteiger partial charge in [0.1, 0.15) is 0 Å². The van der Waals surface area contributed by atoms with Crippen LogP contribution in [0.3, 0.4) is 0 Å². The Morgan fingerprint density at radius 1 is 1.03 bits per heavy atom. The molecule has 2 fully saturated rings. The van der Waals surface area contributed by atoms with Crippen molar-refractivity contribution in [3.8, 4) is 0 Å². The fraction of sp³-hybridized carbons (Fsp3) is 0.682. The molecule has 0 radical (unpaired) electrons. The third-order valence-corrected chi connectivity index (χ3v) is 7.48. The number of aliphatic hydroxyl groups excluding tert-OH is 1. The second-order valence-electron chi connectivity index (χ2n) is 9.42.